The first-order valence-corrected chi connectivity index (χ1v) is 6.79. The van der Waals surface area contributed by atoms with E-state index in [-0.39, 0.29) is 11.1 Å². The molecule has 22 heavy (non-hydrogen) atoms. The standard InChI is InChI=1S/C19H20F2O/c1-12-6-8-17(9-7-12)14(3)11-18(20)15(4)13(2)10-19(21)16(5)22/h6,8,10-11,22H,2-5,7,9H2,1H3/b18-11+,19-10+. The second-order valence-electron chi connectivity index (χ2n) is 5.17. The van der Waals surface area contributed by atoms with E-state index in [1.54, 1.807) is 0 Å². The summed E-state index contributed by atoms with van der Waals surface area (Å²) in [7, 11) is 0. The highest BCUT2D eigenvalue weighted by Crippen LogP contribution is 2.27. The molecule has 0 aromatic rings. The molecule has 116 valence electrons. The normalized spacial score (nSPS) is 15.8. The van der Waals surface area contributed by atoms with E-state index in [1.807, 2.05) is 19.1 Å². The van der Waals surface area contributed by atoms with Crippen LogP contribution in [-0.4, -0.2) is 5.11 Å². The summed E-state index contributed by atoms with van der Waals surface area (Å²) in [6.45, 7) is 16.0. The zero-order chi connectivity index (χ0) is 16.9. The summed E-state index contributed by atoms with van der Waals surface area (Å²) in [5, 5.41) is 8.88. The maximum absolute atomic E-state index is 14.1. The lowest BCUT2D eigenvalue weighted by molar-refractivity contribution is 0.392. The first-order chi connectivity index (χ1) is 10.2. The zero-order valence-corrected chi connectivity index (χ0v) is 12.8. The molecule has 1 rings (SSSR count). The summed E-state index contributed by atoms with van der Waals surface area (Å²) in [6.07, 6.45) is 7.75. The number of halogens is 2. The molecule has 0 aromatic heterocycles. The van der Waals surface area contributed by atoms with E-state index >= 15 is 0 Å². The Kier molecular flexibility index (Phi) is 6.05. The number of allylic oxidation sites excluding steroid dienone is 11. The Balaban J connectivity index is 2.86. The number of aliphatic hydroxyl groups excluding tert-OH is 1. The van der Waals surface area contributed by atoms with Gasteiger partial charge in [0, 0.05) is 5.57 Å². The monoisotopic (exact) mass is 302 g/mol. The predicted octanol–water partition coefficient (Wildman–Crippen LogP) is 6.10. The summed E-state index contributed by atoms with van der Waals surface area (Å²) >= 11 is 0. The third-order valence-corrected chi connectivity index (χ3v) is 3.32. The molecule has 1 aliphatic carbocycles. The van der Waals surface area contributed by atoms with Crippen molar-refractivity contribution >= 4 is 0 Å². The van der Waals surface area contributed by atoms with Crippen LogP contribution in [0.3, 0.4) is 0 Å². The maximum Gasteiger partial charge on any atom is 0.164 e. The summed E-state index contributed by atoms with van der Waals surface area (Å²) < 4.78 is 27.4. The molecule has 0 saturated heterocycles. The fraction of sp³-hybridized carbons (Fsp3) is 0.158. The Morgan fingerprint density at radius 3 is 2.18 bits per heavy atom. The van der Waals surface area contributed by atoms with Gasteiger partial charge in [-0.15, -0.1) is 0 Å². The lowest BCUT2D eigenvalue weighted by Gasteiger charge is -2.12. The van der Waals surface area contributed by atoms with Crippen molar-refractivity contribution in [2.45, 2.75) is 19.8 Å². The van der Waals surface area contributed by atoms with Gasteiger partial charge in [-0.2, -0.15) is 0 Å². The van der Waals surface area contributed by atoms with Gasteiger partial charge in [-0.3, -0.25) is 0 Å². The third kappa shape index (κ3) is 4.85. The zero-order valence-electron chi connectivity index (χ0n) is 12.8. The molecule has 0 aliphatic heterocycles. The highest BCUT2D eigenvalue weighted by molar-refractivity contribution is 5.52. The fourth-order valence-electron chi connectivity index (χ4n) is 1.82. The third-order valence-electron chi connectivity index (χ3n) is 3.32. The summed E-state index contributed by atoms with van der Waals surface area (Å²) in [5.74, 6) is -2.36. The molecule has 1 nitrogen and oxygen atoms in total. The van der Waals surface area contributed by atoms with Crippen LogP contribution in [0.1, 0.15) is 19.8 Å². The summed E-state index contributed by atoms with van der Waals surface area (Å²) in [5.41, 5.74) is 2.71. The summed E-state index contributed by atoms with van der Waals surface area (Å²) in [4.78, 5) is 0. The van der Waals surface area contributed by atoms with Gasteiger partial charge in [0.25, 0.3) is 0 Å². The number of hydrogen-bond donors (Lipinski definition) is 1. The first-order valence-electron chi connectivity index (χ1n) is 6.79. The van der Waals surface area contributed by atoms with Crippen molar-refractivity contribution in [2.24, 2.45) is 0 Å². The minimum Gasteiger partial charge on any atom is -0.506 e. The van der Waals surface area contributed by atoms with E-state index in [0.717, 1.165) is 24.5 Å². The molecule has 0 bridgehead atoms. The van der Waals surface area contributed by atoms with Crippen molar-refractivity contribution in [1.29, 1.82) is 0 Å². The van der Waals surface area contributed by atoms with Gasteiger partial charge in [0.2, 0.25) is 0 Å². The van der Waals surface area contributed by atoms with Crippen LogP contribution >= 0.6 is 0 Å². The SMILES string of the molecule is C=C(/C=C(/F)C(=C)O)C(=C)/C(F)=C\C(=C)C1=CC=C(C)CC1. The van der Waals surface area contributed by atoms with Crippen molar-refractivity contribution in [3.8, 4) is 0 Å². The van der Waals surface area contributed by atoms with Crippen LogP contribution in [0, 0.1) is 0 Å². The number of hydrogen-bond acceptors (Lipinski definition) is 1. The molecule has 1 aliphatic rings. The van der Waals surface area contributed by atoms with E-state index in [9.17, 15) is 8.78 Å². The molecule has 1 N–H and O–H groups in total. The molecule has 0 heterocycles. The van der Waals surface area contributed by atoms with Crippen LogP contribution in [-0.2, 0) is 0 Å². The lowest BCUT2D eigenvalue weighted by Crippen LogP contribution is -1.94. The van der Waals surface area contributed by atoms with Gasteiger partial charge in [-0.1, -0.05) is 44.0 Å². The van der Waals surface area contributed by atoms with Gasteiger partial charge in [-0.05, 0) is 48.6 Å². The van der Waals surface area contributed by atoms with Crippen LogP contribution in [0.4, 0.5) is 8.78 Å². The van der Waals surface area contributed by atoms with E-state index in [4.69, 9.17) is 5.11 Å². The van der Waals surface area contributed by atoms with Crippen molar-refractivity contribution in [3.63, 3.8) is 0 Å². The van der Waals surface area contributed by atoms with Crippen LogP contribution < -0.4 is 0 Å². The van der Waals surface area contributed by atoms with Crippen molar-refractivity contribution in [2.75, 3.05) is 0 Å². The molecule has 3 heteroatoms. The predicted molar refractivity (Wildman–Crippen MR) is 88.6 cm³/mol. The Morgan fingerprint density at radius 1 is 1.05 bits per heavy atom. The molecule has 0 saturated carbocycles. The maximum atomic E-state index is 14.1. The van der Waals surface area contributed by atoms with Gasteiger partial charge >= 0.3 is 0 Å². The molecule has 0 aromatic carbocycles. The largest absolute Gasteiger partial charge is 0.506 e. The van der Waals surface area contributed by atoms with Crippen molar-refractivity contribution in [1.82, 2.24) is 0 Å². The van der Waals surface area contributed by atoms with E-state index in [1.165, 1.54) is 11.6 Å². The summed E-state index contributed by atoms with van der Waals surface area (Å²) in [6, 6.07) is 0. The number of rotatable bonds is 6. The Bertz CT molecular complexity index is 655. The number of aliphatic hydroxyl groups is 1. The second kappa shape index (κ2) is 7.55. The molecule has 0 unspecified atom stereocenters. The lowest BCUT2D eigenvalue weighted by atomic mass is 9.93. The van der Waals surface area contributed by atoms with E-state index in [0.29, 0.717) is 5.57 Å². The van der Waals surface area contributed by atoms with Crippen LogP contribution in [0.15, 0.2) is 95.9 Å². The Labute approximate surface area is 130 Å². The molecule has 0 fully saturated rings. The minimum atomic E-state index is -0.978. The fourth-order valence-corrected chi connectivity index (χ4v) is 1.82. The molecule has 0 spiro atoms. The minimum absolute atomic E-state index is 0.0163. The molecule has 0 radical (unpaired) electrons. The van der Waals surface area contributed by atoms with Gasteiger partial charge < -0.3 is 5.11 Å². The van der Waals surface area contributed by atoms with Gasteiger partial charge in [0.15, 0.2) is 5.83 Å². The van der Waals surface area contributed by atoms with Crippen LogP contribution in [0.5, 0.6) is 0 Å². The van der Waals surface area contributed by atoms with Gasteiger partial charge in [-0.25, -0.2) is 8.78 Å². The molecule has 0 atom stereocenters. The quantitative estimate of drug-likeness (QED) is 0.464. The average molecular weight is 302 g/mol. The van der Waals surface area contributed by atoms with Crippen LogP contribution in [0.2, 0.25) is 0 Å². The molecule has 0 amide bonds. The highest BCUT2D eigenvalue weighted by Gasteiger charge is 2.10. The topological polar surface area (TPSA) is 20.2 Å². The van der Waals surface area contributed by atoms with Crippen LogP contribution in [0.25, 0.3) is 0 Å². The average Bonchev–Trinajstić information content (AvgIpc) is 2.46. The van der Waals surface area contributed by atoms with E-state index < -0.39 is 17.4 Å². The molecular formula is C19H20F2O. The van der Waals surface area contributed by atoms with Gasteiger partial charge in [0.05, 0.1) is 0 Å². The molecular weight excluding hydrogens is 282 g/mol. The van der Waals surface area contributed by atoms with Gasteiger partial charge in [0.1, 0.15) is 11.6 Å². The first kappa shape index (κ1) is 17.6. The second-order valence-corrected chi connectivity index (χ2v) is 5.17. The Morgan fingerprint density at radius 2 is 1.68 bits per heavy atom. The van der Waals surface area contributed by atoms with Crippen molar-refractivity contribution < 1.29 is 13.9 Å². The Hall–Kier alpha value is -2.42. The smallest absolute Gasteiger partial charge is 0.164 e. The van der Waals surface area contributed by atoms with E-state index in [2.05, 4.69) is 26.3 Å². The van der Waals surface area contributed by atoms with Crippen molar-refractivity contribution in [3.05, 3.63) is 95.9 Å². The highest BCUT2D eigenvalue weighted by atomic mass is 19.1.